The molecule has 140 valence electrons. The number of hydrogen-bond donors (Lipinski definition) is 1. The van der Waals surface area contributed by atoms with Crippen LogP contribution in [0.2, 0.25) is 0 Å². The van der Waals surface area contributed by atoms with Crippen LogP contribution in [-0.2, 0) is 11.2 Å². The second-order valence-electron chi connectivity index (χ2n) is 6.91. The largest absolute Gasteiger partial charge is 0.381 e. The first kappa shape index (κ1) is 18.1. The van der Waals surface area contributed by atoms with Crippen LogP contribution in [0, 0.1) is 12.8 Å². The number of hydrogen-bond acceptors (Lipinski definition) is 5. The van der Waals surface area contributed by atoms with Gasteiger partial charge >= 0.3 is 0 Å². The van der Waals surface area contributed by atoms with E-state index in [4.69, 9.17) is 4.74 Å². The number of ether oxygens (including phenoxy) is 1. The summed E-state index contributed by atoms with van der Waals surface area (Å²) < 4.78 is 5.35. The molecule has 0 saturated carbocycles. The molecule has 0 spiro atoms. The third-order valence-electron chi connectivity index (χ3n) is 5.14. The number of aryl methyl sites for hydroxylation is 2. The second-order valence-corrected chi connectivity index (χ2v) is 8.11. The van der Waals surface area contributed by atoms with Crippen molar-refractivity contribution in [1.29, 1.82) is 0 Å². The van der Waals surface area contributed by atoms with Crippen LogP contribution in [0.4, 0.5) is 0 Å². The van der Waals surface area contributed by atoms with Crippen molar-refractivity contribution in [2.45, 2.75) is 26.7 Å². The van der Waals surface area contributed by atoms with E-state index in [-0.39, 0.29) is 5.91 Å². The van der Waals surface area contributed by atoms with E-state index in [1.165, 1.54) is 10.4 Å². The Labute approximate surface area is 162 Å². The average Bonchev–Trinajstić information content (AvgIpc) is 3.32. The zero-order valence-corrected chi connectivity index (χ0v) is 16.4. The van der Waals surface area contributed by atoms with Gasteiger partial charge in [-0.05, 0) is 37.5 Å². The zero-order valence-electron chi connectivity index (χ0n) is 15.6. The van der Waals surface area contributed by atoms with Gasteiger partial charge in [0.25, 0.3) is 5.91 Å². The van der Waals surface area contributed by atoms with Crippen LogP contribution in [-0.4, -0.2) is 35.6 Å². The number of nitrogens with zero attached hydrogens (tertiary/aromatic N) is 2. The first-order valence-electron chi connectivity index (χ1n) is 9.36. The lowest BCUT2D eigenvalue weighted by molar-refractivity contribution is 0.0945. The zero-order chi connectivity index (χ0) is 18.8. The molecule has 6 heteroatoms. The molecule has 0 radical (unpaired) electrons. The summed E-state index contributed by atoms with van der Waals surface area (Å²) in [5, 5.41) is 4.15. The summed E-state index contributed by atoms with van der Waals surface area (Å²) in [6, 6.07) is 7.69. The Kier molecular flexibility index (Phi) is 5.18. The maximum Gasteiger partial charge on any atom is 0.251 e. The molecule has 1 aliphatic rings. The molecule has 1 amide bonds. The molecule has 1 aromatic carbocycles. The lowest BCUT2D eigenvalue weighted by Crippen LogP contribution is -2.29. The van der Waals surface area contributed by atoms with Gasteiger partial charge in [-0.25, -0.2) is 9.97 Å². The van der Waals surface area contributed by atoms with E-state index in [1.807, 2.05) is 24.3 Å². The highest BCUT2D eigenvalue weighted by atomic mass is 32.1. The van der Waals surface area contributed by atoms with Gasteiger partial charge in [-0.2, -0.15) is 0 Å². The molecule has 4 rings (SSSR count). The van der Waals surface area contributed by atoms with E-state index < -0.39 is 0 Å². The molecule has 0 bridgehead atoms. The minimum Gasteiger partial charge on any atom is -0.381 e. The Bertz CT molecular complexity index is 959. The van der Waals surface area contributed by atoms with Gasteiger partial charge in [-0.15, -0.1) is 11.3 Å². The summed E-state index contributed by atoms with van der Waals surface area (Å²) in [6.07, 6.45) is 3.59. The van der Waals surface area contributed by atoms with Crippen molar-refractivity contribution in [3.8, 4) is 11.3 Å². The normalized spacial score (nSPS) is 16.7. The molecule has 0 unspecified atom stereocenters. The van der Waals surface area contributed by atoms with E-state index in [9.17, 15) is 4.79 Å². The Morgan fingerprint density at radius 1 is 1.30 bits per heavy atom. The van der Waals surface area contributed by atoms with Crippen molar-refractivity contribution in [2.75, 3.05) is 19.8 Å². The number of rotatable bonds is 5. The van der Waals surface area contributed by atoms with Crippen molar-refractivity contribution in [3.05, 3.63) is 46.6 Å². The van der Waals surface area contributed by atoms with Crippen molar-refractivity contribution >= 4 is 27.5 Å². The fourth-order valence-electron chi connectivity index (χ4n) is 3.61. The Morgan fingerprint density at radius 3 is 2.81 bits per heavy atom. The molecule has 1 aliphatic heterocycles. The summed E-state index contributed by atoms with van der Waals surface area (Å²) in [5.41, 5.74) is 3.93. The Balaban J connectivity index is 1.57. The van der Waals surface area contributed by atoms with Gasteiger partial charge in [-0.3, -0.25) is 4.79 Å². The highest BCUT2D eigenvalue weighted by Gasteiger charge is 2.18. The number of carbonyl (C=O) groups excluding carboxylic acids is 1. The number of nitrogens with one attached hydrogen (secondary N) is 1. The summed E-state index contributed by atoms with van der Waals surface area (Å²) in [5.74, 6) is 0.388. The molecule has 0 aliphatic carbocycles. The lowest BCUT2D eigenvalue weighted by atomic mass is 10.0. The molecule has 3 aromatic rings. The molecule has 1 N–H and O–H groups in total. The minimum absolute atomic E-state index is 0.0399. The van der Waals surface area contributed by atoms with Crippen molar-refractivity contribution in [2.24, 2.45) is 5.92 Å². The topological polar surface area (TPSA) is 64.1 Å². The quantitative estimate of drug-likeness (QED) is 0.726. The third kappa shape index (κ3) is 3.59. The molecule has 1 atom stereocenters. The number of fused-ring (bicyclic) bond motifs is 1. The smallest absolute Gasteiger partial charge is 0.251 e. The van der Waals surface area contributed by atoms with Crippen molar-refractivity contribution < 1.29 is 9.53 Å². The van der Waals surface area contributed by atoms with Gasteiger partial charge in [0.05, 0.1) is 12.3 Å². The van der Waals surface area contributed by atoms with Gasteiger partial charge in [0.2, 0.25) is 0 Å². The minimum atomic E-state index is -0.0399. The predicted molar refractivity (Wildman–Crippen MR) is 108 cm³/mol. The lowest BCUT2D eigenvalue weighted by Gasteiger charge is -2.10. The van der Waals surface area contributed by atoms with Crippen LogP contribution in [0.25, 0.3) is 21.5 Å². The van der Waals surface area contributed by atoms with Gasteiger partial charge in [0.15, 0.2) is 0 Å². The van der Waals surface area contributed by atoms with Crippen LogP contribution in [0.15, 0.2) is 30.6 Å². The summed E-state index contributed by atoms with van der Waals surface area (Å²) in [4.78, 5) is 23.7. The van der Waals surface area contributed by atoms with Crippen molar-refractivity contribution in [3.63, 3.8) is 0 Å². The van der Waals surface area contributed by atoms with Crippen LogP contribution in [0.1, 0.15) is 34.1 Å². The summed E-state index contributed by atoms with van der Waals surface area (Å²) in [6.45, 7) is 6.50. The van der Waals surface area contributed by atoms with Gasteiger partial charge in [0.1, 0.15) is 11.2 Å². The van der Waals surface area contributed by atoms with Crippen LogP contribution in [0.3, 0.4) is 0 Å². The van der Waals surface area contributed by atoms with Crippen LogP contribution < -0.4 is 5.32 Å². The number of aromatic nitrogens is 2. The highest BCUT2D eigenvalue weighted by Crippen LogP contribution is 2.35. The SMILES string of the molecule is CCc1c(C)sc2ncnc(-c3ccc(C(=O)NC[C@@H]4CCOC4)cc3)c12. The van der Waals surface area contributed by atoms with Gasteiger partial charge < -0.3 is 10.1 Å². The maximum absolute atomic E-state index is 12.4. The molecular formula is C21H23N3O2S. The molecule has 1 fully saturated rings. The Hall–Kier alpha value is -2.31. The van der Waals surface area contributed by atoms with Crippen molar-refractivity contribution in [1.82, 2.24) is 15.3 Å². The fraction of sp³-hybridized carbons (Fsp3) is 0.381. The van der Waals surface area contributed by atoms with Gasteiger partial charge in [-0.1, -0.05) is 19.1 Å². The number of amides is 1. The molecule has 27 heavy (non-hydrogen) atoms. The summed E-state index contributed by atoms with van der Waals surface area (Å²) in [7, 11) is 0. The van der Waals surface area contributed by atoms with E-state index >= 15 is 0 Å². The number of benzene rings is 1. The molecule has 5 nitrogen and oxygen atoms in total. The first-order chi connectivity index (χ1) is 13.2. The first-order valence-corrected chi connectivity index (χ1v) is 10.2. The second kappa shape index (κ2) is 7.74. The summed E-state index contributed by atoms with van der Waals surface area (Å²) >= 11 is 1.71. The third-order valence-corrected chi connectivity index (χ3v) is 6.19. The van der Waals surface area contributed by atoms with Gasteiger partial charge in [0, 0.05) is 40.5 Å². The highest BCUT2D eigenvalue weighted by molar-refractivity contribution is 7.18. The Morgan fingerprint density at radius 2 is 2.11 bits per heavy atom. The number of thiophene rings is 1. The predicted octanol–water partition coefficient (Wildman–Crippen LogP) is 4.00. The standard InChI is InChI=1S/C21H23N3O2S/c1-3-17-13(2)27-21-18(17)19(23-12-24-21)15-4-6-16(7-5-15)20(25)22-10-14-8-9-26-11-14/h4-7,12,14H,3,8-11H2,1-2H3,(H,22,25)/t14-/m0/s1. The monoisotopic (exact) mass is 381 g/mol. The number of carbonyl (C=O) groups is 1. The van der Waals surface area contributed by atoms with Crippen LogP contribution >= 0.6 is 11.3 Å². The maximum atomic E-state index is 12.4. The fourth-order valence-corrected chi connectivity index (χ4v) is 4.69. The van der Waals surface area contributed by atoms with E-state index in [0.717, 1.165) is 47.5 Å². The molecule has 1 saturated heterocycles. The molecule has 3 heterocycles. The van der Waals surface area contributed by atoms with E-state index in [0.29, 0.717) is 18.0 Å². The average molecular weight is 382 g/mol. The molecule has 2 aromatic heterocycles. The van der Waals surface area contributed by atoms with E-state index in [2.05, 4.69) is 29.1 Å². The molecular weight excluding hydrogens is 358 g/mol. The van der Waals surface area contributed by atoms with Crippen LogP contribution in [0.5, 0.6) is 0 Å². The van der Waals surface area contributed by atoms with E-state index in [1.54, 1.807) is 17.7 Å².